The molecule has 4 fully saturated rings. The van der Waals surface area contributed by atoms with Crippen LogP contribution < -0.4 is 24.8 Å². The van der Waals surface area contributed by atoms with Crippen LogP contribution >= 0.6 is 0 Å². The van der Waals surface area contributed by atoms with Crippen molar-refractivity contribution in [2.45, 2.75) is 116 Å². The van der Waals surface area contributed by atoms with Crippen LogP contribution in [-0.2, 0) is 40.6 Å². The molecule has 6 aromatic carbocycles. The predicted octanol–water partition coefficient (Wildman–Crippen LogP) is 8.69. The van der Waals surface area contributed by atoms with Crippen LogP contribution in [0.1, 0.15) is 108 Å². The minimum Gasteiger partial charge on any atom is -1.00 e. The first-order chi connectivity index (χ1) is 25.3. The van der Waals surface area contributed by atoms with Crippen LogP contribution in [0.3, 0.4) is 0 Å². The third-order valence-corrected chi connectivity index (χ3v) is 12.6. The second-order valence-electron chi connectivity index (χ2n) is 18.4. The summed E-state index contributed by atoms with van der Waals surface area (Å²) in [6.45, 7) is 18.1. The quantitative estimate of drug-likeness (QED) is 0.120. The summed E-state index contributed by atoms with van der Waals surface area (Å²) in [5.41, 5.74) is 12.2. The van der Waals surface area contributed by atoms with Crippen LogP contribution in [-0.4, -0.2) is 5.43 Å². The van der Waals surface area contributed by atoms with E-state index in [4.69, 9.17) is 0 Å². The summed E-state index contributed by atoms with van der Waals surface area (Å²) in [5, 5.41) is 5.52. The number of rotatable bonds is 5. The zero-order valence-corrected chi connectivity index (χ0v) is 39.4. The van der Waals surface area contributed by atoms with Crippen molar-refractivity contribution in [1.82, 2.24) is 0 Å². The Hall–Kier alpha value is -2.22. The fraction of sp³-hybridized carbons (Fsp3) is 0.412. The molecule has 6 aromatic rings. The van der Waals surface area contributed by atoms with E-state index in [1.54, 1.807) is 28.9 Å². The molecule has 0 spiro atoms. The Bertz CT molecular complexity index is 2150. The molecule has 0 N–H and O–H groups in total. The van der Waals surface area contributed by atoms with E-state index in [1.807, 2.05) is 0 Å². The van der Waals surface area contributed by atoms with E-state index in [1.165, 1.54) is 99.0 Å². The molecule has 0 aliphatic heterocycles. The molecule has 0 atom stereocenters. The average molecular weight is 863 g/mol. The van der Waals surface area contributed by atoms with E-state index in [9.17, 15) is 0 Å². The zero-order chi connectivity index (χ0) is 37.5. The van der Waals surface area contributed by atoms with Gasteiger partial charge >= 0.3 is 41.9 Å². The average Bonchev–Trinajstić information content (AvgIpc) is 3.76. The minimum atomic E-state index is 0. The van der Waals surface area contributed by atoms with Gasteiger partial charge in [0, 0.05) is 0 Å². The van der Waals surface area contributed by atoms with E-state index < -0.39 is 0 Å². The minimum absolute atomic E-state index is 0. The smallest absolute Gasteiger partial charge is 1.00 e. The van der Waals surface area contributed by atoms with Gasteiger partial charge in [-0.25, -0.2) is 0 Å². The van der Waals surface area contributed by atoms with Gasteiger partial charge in [-0.15, -0.1) is 69.1 Å². The first kappa shape index (κ1) is 43.9. The monoisotopic (exact) mass is 860 g/mol. The fourth-order valence-electron chi connectivity index (χ4n) is 10.2. The summed E-state index contributed by atoms with van der Waals surface area (Å²) in [7, 11) is 0. The second kappa shape index (κ2) is 18.1. The molecule has 10 rings (SSSR count). The third kappa shape index (κ3) is 9.74. The summed E-state index contributed by atoms with van der Waals surface area (Å²) in [5.74, 6) is 3.62. The predicted molar refractivity (Wildman–Crippen MR) is 229 cm³/mol. The van der Waals surface area contributed by atoms with Crippen LogP contribution in [0.15, 0.2) is 109 Å². The number of halogens is 2. The molecule has 0 radical (unpaired) electrons. The van der Waals surface area contributed by atoms with E-state index in [-0.39, 0.29) is 35.7 Å². The van der Waals surface area contributed by atoms with Crippen LogP contribution in [0.4, 0.5) is 0 Å². The van der Waals surface area contributed by atoms with Gasteiger partial charge < -0.3 is 24.8 Å². The molecular weight excluding hydrogens is 803 g/mol. The maximum Gasteiger partial charge on any atom is -1.00 e. The molecule has 4 aliphatic carbocycles. The van der Waals surface area contributed by atoms with Gasteiger partial charge in [-0.3, -0.25) is 0 Å². The second-order valence-corrected chi connectivity index (χ2v) is 27.8. The first-order valence-corrected chi connectivity index (χ1v) is 26.6. The van der Waals surface area contributed by atoms with Gasteiger partial charge in [-0.2, -0.15) is 12.1 Å². The largest absolute Gasteiger partial charge is 1.00 e. The molecule has 4 aliphatic rings. The van der Waals surface area contributed by atoms with Gasteiger partial charge in [0.05, 0.1) is 0 Å². The van der Waals surface area contributed by atoms with Crippen molar-refractivity contribution >= 4 is 27.0 Å². The van der Waals surface area contributed by atoms with Gasteiger partial charge in [0.15, 0.2) is 0 Å². The van der Waals surface area contributed by atoms with Crippen molar-refractivity contribution in [1.29, 1.82) is 0 Å². The van der Waals surface area contributed by atoms with Crippen LogP contribution in [0.5, 0.6) is 0 Å². The molecule has 0 saturated heterocycles. The number of aryl methyl sites for hydroxylation is 1. The van der Waals surface area contributed by atoms with Gasteiger partial charge in [0.2, 0.25) is 0 Å². The molecule has 0 amide bonds. The number of hydrogen-bond acceptors (Lipinski definition) is 0. The van der Waals surface area contributed by atoms with E-state index in [0.29, 0.717) is 11.3 Å². The van der Waals surface area contributed by atoms with E-state index in [2.05, 4.69) is 164 Å². The molecular formula is C51H60Cl2SiZr-2. The maximum absolute atomic E-state index is 2.48. The fourth-order valence-corrected chi connectivity index (χ4v) is 10.2. The molecule has 4 saturated carbocycles. The Balaban J connectivity index is 0.000000190. The summed E-state index contributed by atoms with van der Waals surface area (Å²) < 4.78 is 0. The van der Waals surface area contributed by atoms with Gasteiger partial charge in [-0.1, -0.05) is 113 Å². The molecule has 0 heterocycles. The van der Waals surface area contributed by atoms with Crippen molar-refractivity contribution in [3.05, 3.63) is 131 Å². The SMILES string of the molecule is CC(C)c1cc2c(-c3ccc(C(C)(C)C)cc3)cccc2[cH-]1.CCc1cc2c(-c3ccc(C45CC6CC(CC(C6)C4)C5)cc3)cccc2[cH-]1.C[Si](C)=[Zr+2].[Cl-].[Cl-]. The van der Waals surface area contributed by atoms with Gasteiger partial charge in [-0.05, 0) is 102 Å². The summed E-state index contributed by atoms with van der Waals surface area (Å²) >= 11 is 1.74. The zero-order valence-electron chi connectivity index (χ0n) is 34.4. The summed E-state index contributed by atoms with van der Waals surface area (Å²) in [6, 6.07) is 41.6. The number of benzene rings is 4. The molecule has 288 valence electrons. The van der Waals surface area contributed by atoms with Gasteiger partial charge in [0.1, 0.15) is 0 Å². The molecule has 55 heavy (non-hydrogen) atoms. The van der Waals surface area contributed by atoms with Gasteiger partial charge in [0.25, 0.3) is 0 Å². The topological polar surface area (TPSA) is 0 Å². The van der Waals surface area contributed by atoms with Crippen LogP contribution in [0.2, 0.25) is 13.1 Å². The van der Waals surface area contributed by atoms with Crippen molar-refractivity contribution in [3.8, 4) is 22.3 Å². The Morgan fingerprint density at radius 1 is 0.691 bits per heavy atom. The number of fused-ring (bicyclic) bond motifs is 2. The van der Waals surface area contributed by atoms with E-state index in [0.717, 1.165) is 24.2 Å². The number of hydrogen-bond donors (Lipinski definition) is 0. The Kier molecular flexibility index (Phi) is 14.5. The molecule has 0 unspecified atom stereocenters. The molecule has 4 heteroatoms. The van der Waals surface area contributed by atoms with Crippen molar-refractivity contribution < 1.29 is 48.1 Å². The summed E-state index contributed by atoms with van der Waals surface area (Å²) in [6.07, 6.45) is 10.0. The van der Waals surface area contributed by atoms with Crippen LogP contribution in [0, 0.1) is 17.8 Å². The van der Waals surface area contributed by atoms with Crippen molar-refractivity contribution in [2.24, 2.45) is 17.8 Å². The van der Waals surface area contributed by atoms with Crippen LogP contribution in [0.25, 0.3) is 43.8 Å². The molecule has 4 bridgehead atoms. The third-order valence-electron chi connectivity index (χ3n) is 12.6. The first-order valence-electron chi connectivity index (χ1n) is 20.4. The normalized spacial score (nSPS) is 21.0. The Morgan fingerprint density at radius 3 is 1.60 bits per heavy atom. The Morgan fingerprint density at radius 2 is 1.15 bits per heavy atom. The maximum atomic E-state index is 2.48. The summed E-state index contributed by atoms with van der Waals surface area (Å²) in [4.78, 5) is 0. The Labute approximate surface area is 360 Å². The molecule has 0 nitrogen and oxygen atoms in total. The van der Waals surface area contributed by atoms with Crippen molar-refractivity contribution in [3.63, 3.8) is 0 Å². The molecule has 0 aromatic heterocycles. The van der Waals surface area contributed by atoms with Crippen molar-refractivity contribution in [2.75, 3.05) is 0 Å². The van der Waals surface area contributed by atoms with E-state index >= 15 is 0 Å². The standard InChI is InChI=1S/C27H29.C22H25.C2H6Si.2ClH.Zr/c1-2-18-13-23-4-3-5-25(26(23)14-18)22-6-8-24(9-7-22)27-15-19-10-20(16-27)12-21(11-19)17-27;1-15(2)18-13-17-7-6-8-20(21(17)14-18)16-9-11-19(12-10-16)22(3,4)5;1-3-2;;;/h3-9,13-14,19-21H,2,10-12,15-17H2,1H3;6-15H,1-5H3;1-2H3;2*1H;/q2*-1;;;;+2/p-2.